The first-order valence-corrected chi connectivity index (χ1v) is 6.83. The molecule has 0 aliphatic heterocycles. The topological polar surface area (TPSA) is 61.0 Å². The van der Waals surface area contributed by atoms with Crippen LogP contribution in [0.15, 0.2) is 36.4 Å². The highest BCUT2D eigenvalue weighted by Gasteiger charge is 2.11. The molecule has 0 atom stereocenters. The van der Waals surface area contributed by atoms with Crippen LogP contribution in [0, 0.1) is 20.8 Å². The van der Waals surface area contributed by atoms with E-state index in [-0.39, 0.29) is 0 Å². The number of aromatic nitrogens is 2. The minimum atomic E-state index is 0.502. The van der Waals surface area contributed by atoms with Crippen LogP contribution in [0.2, 0.25) is 0 Å². The second-order valence-electron chi connectivity index (χ2n) is 5.21. The van der Waals surface area contributed by atoms with Crippen LogP contribution < -0.4 is 10.5 Å². The first kappa shape index (κ1) is 13.4. The zero-order valence-electron chi connectivity index (χ0n) is 12.3. The molecule has 1 aromatic heterocycles. The minimum Gasteiger partial charge on any atom is -0.437 e. The van der Waals surface area contributed by atoms with Gasteiger partial charge in [-0.1, -0.05) is 24.3 Å². The molecule has 0 bridgehead atoms. The monoisotopic (exact) mass is 279 g/mol. The third kappa shape index (κ3) is 2.40. The number of rotatable bonds is 2. The Labute approximate surface area is 123 Å². The first-order chi connectivity index (χ1) is 10.1. The lowest BCUT2D eigenvalue weighted by atomic mass is 10.1. The Morgan fingerprint density at radius 3 is 2.38 bits per heavy atom. The van der Waals surface area contributed by atoms with Crippen LogP contribution in [0.25, 0.3) is 10.8 Å². The summed E-state index contributed by atoms with van der Waals surface area (Å²) < 4.78 is 5.96. The highest BCUT2D eigenvalue weighted by Crippen LogP contribution is 2.32. The molecule has 0 unspecified atom stereocenters. The van der Waals surface area contributed by atoms with Crippen molar-refractivity contribution in [3.63, 3.8) is 0 Å². The van der Waals surface area contributed by atoms with Crippen LogP contribution in [0.3, 0.4) is 0 Å². The molecule has 4 nitrogen and oxygen atoms in total. The fraction of sp³-hybridized carbons (Fsp3) is 0.176. The van der Waals surface area contributed by atoms with E-state index in [1.807, 2.05) is 57.2 Å². The summed E-state index contributed by atoms with van der Waals surface area (Å²) in [6, 6.07) is 11.8. The summed E-state index contributed by atoms with van der Waals surface area (Å²) >= 11 is 0. The Balaban J connectivity index is 2.11. The van der Waals surface area contributed by atoms with Crippen LogP contribution >= 0.6 is 0 Å². The number of anilines is 1. The summed E-state index contributed by atoms with van der Waals surface area (Å²) in [5.41, 5.74) is 9.62. The number of nitrogens with zero attached hydrogens (tertiary/aromatic N) is 2. The number of aryl methyl sites for hydroxylation is 3. The molecule has 0 radical (unpaired) electrons. The summed E-state index contributed by atoms with van der Waals surface area (Å²) in [4.78, 5) is 0. The average molecular weight is 279 g/mol. The molecule has 2 aromatic carbocycles. The molecule has 3 rings (SSSR count). The SMILES string of the molecule is Cc1cc(C)c(Oc2nnc(C)c3ccccc23)cc1N. The summed E-state index contributed by atoms with van der Waals surface area (Å²) in [6.45, 7) is 5.91. The molecule has 21 heavy (non-hydrogen) atoms. The van der Waals surface area contributed by atoms with Crippen LogP contribution in [-0.4, -0.2) is 10.2 Å². The van der Waals surface area contributed by atoms with Gasteiger partial charge in [-0.05, 0) is 38.0 Å². The second-order valence-corrected chi connectivity index (χ2v) is 5.21. The minimum absolute atomic E-state index is 0.502. The first-order valence-electron chi connectivity index (χ1n) is 6.83. The van der Waals surface area contributed by atoms with E-state index in [2.05, 4.69) is 10.2 Å². The van der Waals surface area contributed by atoms with Crippen molar-refractivity contribution in [1.82, 2.24) is 10.2 Å². The molecular weight excluding hydrogens is 262 g/mol. The van der Waals surface area contributed by atoms with E-state index in [9.17, 15) is 0 Å². The van der Waals surface area contributed by atoms with E-state index in [4.69, 9.17) is 10.5 Å². The van der Waals surface area contributed by atoms with Crippen molar-refractivity contribution in [2.75, 3.05) is 5.73 Å². The summed E-state index contributed by atoms with van der Waals surface area (Å²) in [5, 5.41) is 10.3. The molecule has 1 heterocycles. The zero-order valence-corrected chi connectivity index (χ0v) is 12.3. The van der Waals surface area contributed by atoms with Crippen LogP contribution in [-0.2, 0) is 0 Å². The summed E-state index contributed by atoms with van der Waals surface area (Å²) in [6.07, 6.45) is 0. The number of hydrogen-bond donors (Lipinski definition) is 1. The van der Waals surface area contributed by atoms with Crippen molar-refractivity contribution in [1.29, 1.82) is 0 Å². The second kappa shape index (κ2) is 5.05. The molecule has 0 saturated carbocycles. The van der Waals surface area contributed by atoms with E-state index >= 15 is 0 Å². The van der Waals surface area contributed by atoms with Gasteiger partial charge in [0.25, 0.3) is 0 Å². The molecule has 0 saturated heterocycles. The third-order valence-electron chi connectivity index (χ3n) is 3.61. The number of hydrogen-bond acceptors (Lipinski definition) is 4. The molecule has 0 aliphatic rings. The van der Waals surface area contributed by atoms with E-state index < -0.39 is 0 Å². The quantitative estimate of drug-likeness (QED) is 0.722. The van der Waals surface area contributed by atoms with Crippen LogP contribution in [0.4, 0.5) is 5.69 Å². The van der Waals surface area contributed by atoms with E-state index in [0.29, 0.717) is 17.3 Å². The van der Waals surface area contributed by atoms with Crippen LogP contribution in [0.1, 0.15) is 16.8 Å². The fourth-order valence-electron chi connectivity index (χ4n) is 2.35. The lowest BCUT2D eigenvalue weighted by molar-refractivity contribution is 0.458. The van der Waals surface area contributed by atoms with E-state index in [1.54, 1.807) is 0 Å². The van der Waals surface area contributed by atoms with Crippen molar-refractivity contribution in [2.24, 2.45) is 0 Å². The van der Waals surface area contributed by atoms with E-state index in [0.717, 1.165) is 27.6 Å². The van der Waals surface area contributed by atoms with Crippen molar-refractivity contribution in [3.8, 4) is 11.6 Å². The van der Waals surface area contributed by atoms with E-state index in [1.165, 1.54) is 0 Å². The summed E-state index contributed by atoms with van der Waals surface area (Å²) in [5.74, 6) is 1.21. The molecule has 0 fully saturated rings. The summed E-state index contributed by atoms with van der Waals surface area (Å²) in [7, 11) is 0. The molecule has 106 valence electrons. The molecule has 0 spiro atoms. The Bertz CT molecular complexity index is 828. The Kier molecular flexibility index (Phi) is 3.22. The third-order valence-corrected chi connectivity index (χ3v) is 3.61. The lowest BCUT2D eigenvalue weighted by Gasteiger charge is -2.12. The lowest BCUT2D eigenvalue weighted by Crippen LogP contribution is -1.98. The molecule has 4 heteroatoms. The molecule has 0 aliphatic carbocycles. The maximum atomic E-state index is 5.96. The number of ether oxygens (including phenoxy) is 1. The van der Waals surface area contributed by atoms with Crippen molar-refractivity contribution in [2.45, 2.75) is 20.8 Å². The number of fused-ring (bicyclic) bond motifs is 1. The maximum absolute atomic E-state index is 5.96. The van der Waals surface area contributed by atoms with Gasteiger partial charge in [0.15, 0.2) is 0 Å². The van der Waals surface area contributed by atoms with Gasteiger partial charge < -0.3 is 10.5 Å². The van der Waals surface area contributed by atoms with Gasteiger partial charge >= 0.3 is 0 Å². The number of nitrogen functional groups attached to an aromatic ring is 1. The highest BCUT2D eigenvalue weighted by atomic mass is 16.5. The number of nitrogens with two attached hydrogens (primary N) is 1. The van der Waals surface area contributed by atoms with Crippen molar-refractivity contribution < 1.29 is 4.74 Å². The normalized spacial score (nSPS) is 10.8. The van der Waals surface area contributed by atoms with Gasteiger partial charge in [0.2, 0.25) is 5.88 Å². The fourth-order valence-corrected chi connectivity index (χ4v) is 2.35. The molecule has 3 aromatic rings. The number of benzene rings is 2. The molecule has 2 N–H and O–H groups in total. The Hall–Kier alpha value is -2.62. The highest BCUT2D eigenvalue weighted by molar-refractivity contribution is 5.88. The van der Waals surface area contributed by atoms with Gasteiger partial charge in [-0.2, -0.15) is 5.10 Å². The van der Waals surface area contributed by atoms with Gasteiger partial charge in [0.1, 0.15) is 5.75 Å². The standard InChI is InChI=1S/C17H17N3O/c1-10-8-11(2)16(9-15(10)18)21-17-14-7-5-4-6-13(14)12(3)19-20-17/h4-9H,18H2,1-3H3. The van der Waals surface area contributed by atoms with Gasteiger partial charge in [-0.15, -0.1) is 5.10 Å². The van der Waals surface area contributed by atoms with Crippen LogP contribution in [0.5, 0.6) is 11.6 Å². The smallest absolute Gasteiger partial charge is 0.246 e. The van der Waals surface area contributed by atoms with Gasteiger partial charge in [0, 0.05) is 22.5 Å². The average Bonchev–Trinajstić information content (AvgIpc) is 2.48. The molecule has 0 amide bonds. The maximum Gasteiger partial charge on any atom is 0.246 e. The Morgan fingerprint density at radius 2 is 1.62 bits per heavy atom. The zero-order chi connectivity index (χ0) is 15.0. The predicted molar refractivity (Wildman–Crippen MR) is 84.7 cm³/mol. The largest absolute Gasteiger partial charge is 0.437 e. The van der Waals surface area contributed by atoms with Gasteiger partial charge in [0.05, 0.1) is 5.69 Å². The van der Waals surface area contributed by atoms with Crippen molar-refractivity contribution >= 4 is 16.5 Å². The van der Waals surface area contributed by atoms with Gasteiger partial charge in [-0.3, -0.25) is 0 Å². The predicted octanol–water partition coefficient (Wildman–Crippen LogP) is 3.93. The van der Waals surface area contributed by atoms with Gasteiger partial charge in [-0.25, -0.2) is 0 Å². The van der Waals surface area contributed by atoms with Crippen molar-refractivity contribution in [3.05, 3.63) is 53.2 Å². The Morgan fingerprint density at radius 1 is 0.905 bits per heavy atom. The molecular formula is C17H17N3O.